The van der Waals surface area contributed by atoms with Gasteiger partial charge in [0.05, 0.1) is 36.1 Å². The summed E-state index contributed by atoms with van der Waals surface area (Å²) in [4.78, 5) is 26.6. The molecule has 0 fully saturated rings. The van der Waals surface area contributed by atoms with Gasteiger partial charge in [-0.3, -0.25) is 4.79 Å². The molecule has 0 spiro atoms. The third-order valence-electron chi connectivity index (χ3n) is 8.17. The highest BCUT2D eigenvalue weighted by atomic mass is 35.5. The first kappa shape index (κ1) is 35.2. The molecular weight excluding hydrogens is 691 g/mol. The van der Waals surface area contributed by atoms with Crippen molar-refractivity contribution in [3.8, 4) is 11.6 Å². The Balaban J connectivity index is 1.23. The number of pyridine rings is 1. The minimum Gasteiger partial charge on any atom is -0.461 e. The summed E-state index contributed by atoms with van der Waals surface area (Å²) in [6.45, 7) is 7.07. The molecule has 13 heteroatoms. The van der Waals surface area contributed by atoms with E-state index >= 15 is 0 Å². The zero-order valence-electron chi connectivity index (χ0n) is 27.8. The first-order chi connectivity index (χ1) is 24.2. The summed E-state index contributed by atoms with van der Waals surface area (Å²) in [6, 6.07) is 31.2. The Morgan fingerprint density at radius 3 is 2.12 bits per heavy atom. The fourth-order valence-electron chi connectivity index (χ4n) is 5.92. The van der Waals surface area contributed by atoms with Crippen LogP contribution in [-0.2, 0) is 14.0 Å². The van der Waals surface area contributed by atoms with Crippen molar-refractivity contribution in [1.29, 1.82) is 0 Å². The molecule has 0 aliphatic carbocycles. The number of ether oxygens (including phenoxy) is 2. The number of nitrogens with one attached hydrogen (secondary N) is 1. The van der Waals surface area contributed by atoms with Crippen LogP contribution in [0.5, 0.6) is 5.88 Å². The number of hydrogen-bond donors (Lipinski definition) is 1. The smallest absolute Gasteiger partial charge is 0.269 e. The van der Waals surface area contributed by atoms with Gasteiger partial charge in [-0.1, -0.05) is 117 Å². The summed E-state index contributed by atoms with van der Waals surface area (Å²) in [6.07, 6.45) is 3.34. The Morgan fingerprint density at radius 2 is 1.50 bits per heavy atom. The lowest BCUT2D eigenvalue weighted by Crippen LogP contribution is -2.66. The molecule has 10 nitrogen and oxygen atoms in total. The van der Waals surface area contributed by atoms with Gasteiger partial charge in [0, 0.05) is 6.20 Å². The molecule has 6 aromatic rings. The molecule has 0 saturated heterocycles. The Kier molecular flexibility index (Phi) is 10.9. The Morgan fingerprint density at radius 1 is 0.840 bits per heavy atom. The second-order valence-electron chi connectivity index (χ2n) is 12.4. The van der Waals surface area contributed by atoms with E-state index in [2.05, 4.69) is 70.4 Å². The zero-order valence-corrected chi connectivity index (χ0v) is 30.3. The number of benzene rings is 3. The molecule has 3 aromatic heterocycles. The van der Waals surface area contributed by atoms with Crippen LogP contribution in [0, 0.1) is 0 Å². The highest BCUT2D eigenvalue weighted by Crippen LogP contribution is 2.37. The second kappa shape index (κ2) is 15.5. The van der Waals surface area contributed by atoms with Gasteiger partial charge in [-0.2, -0.15) is 5.10 Å². The van der Waals surface area contributed by atoms with Crippen molar-refractivity contribution in [2.45, 2.75) is 31.9 Å². The van der Waals surface area contributed by atoms with Crippen molar-refractivity contribution in [2.24, 2.45) is 0 Å². The van der Waals surface area contributed by atoms with Crippen LogP contribution in [0.15, 0.2) is 116 Å². The van der Waals surface area contributed by atoms with Crippen LogP contribution in [0.2, 0.25) is 15.1 Å². The average molecular weight is 728 g/mol. The summed E-state index contributed by atoms with van der Waals surface area (Å²) in [5, 5.41) is 10.6. The van der Waals surface area contributed by atoms with Gasteiger partial charge < -0.3 is 19.2 Å². The van der Waals surface area contributed by atoms with E-state index in [1.165, 1.54) is 27.6 Å². The number of hydrogen-bond acceptors (Lipinski definition) is 8. The number of aromatic nitrogens is 5. The number of anilines is 1. The summed E-state index contributed by atoms with van der Waals surface area (Å²) >= 11 is 12.9. The maximum absolute atomic E-state index is 13.6. The van der Waals surface area contributed by atoms with E-state index in [0.717, 1.165) is 0 Å². The lowest BCUT2D eigenvalue weighted by atomic mass is 10.2. The van der Waals surface area contributed by atoms with Gasteiger partial charge >= 0.3 is 0 Å². The third-order valence-corrected chi connectivity index (χ3v) is 13.8. The molecule has 1 amide bonds. The molecule has 3 heterocycles. The van der Waals surface area contributed by atoms with E-state index < -0.39 is 20.3 Å². The molecule has 0 unspecified atom stereocenters. The maximum Gasteiger partial charge on any atom is 0.269 e. The van der Waals surface area contributed by atoms with Gasteiger partial charge in [0.1, 0.15) is 23.2 Å². The standard InChI is InChI=1S/C37H36Cl2N6O4Si/c1-37(2,3)50(26-13-6-4-7-14-26,27-15-8-5-9-16-27)48-22-21-47-24-31(35(46)44-32-19-10-11-20-40-32)49-36-28-23-43-45(34(28)41-25-42-36)33-29(38)17-12-18-30(33)39/h4-20,23,25,31H,21-22,24H2,1-3H3,(H,40,44,46)/t31-/m0/s1. The lowest BCUT2D eigenvalue weighted by Gasteiger charge is -2.43. The molecule has 0 aliphatic rings. The number of halogens is 2. The predicted octanol–water partition coefficient (Wildman–Crippen LogP) is 6.50. The molecular formula is C37H36Cl2N6O4Si. The summed E-state index contributed by atoms with van der Waals surface area (Å²) in [7, 11) is -2.77. The fraction of sp³-hybridized carbons (Fsp3) is 0.216. The van der Waals surface area contributed by atoms with Crippen molar-refractivity contribution in [3.05, 3.63) is 126 Å². The predicted molar refractivity (Wildman–Crippen MR) is 198 cm³/mol. The Bertz CT molecular complexity index is 1990. The van der Waals surface area contributed by atoms with E-state index in [0.29, 0.717) is 39.2 Å². The molecule has 256 valence electrons. The number of fused-ring (bicyclic) bond motifs is 1. The number of nitrogens with zero attached hydrogens (tertiary/aromatic N) is 5. The Labute approximate surface area is 301 Å². The van der Waals surface area contributed by atoms with Gasteiger partial charge in [0.25, 0.3) is 14.2 Å². The fourth-order valence-corrected chi connectivity index (χ4v) is 11.0. The van der Waals surface area contributed by atoms with Crippen LogP contribution in [-0.4, -0.2) is 64.9 Å². The maximum atomic E-state index is 13.6. The molecule has 1 atom stereocenters. The van der Waals surface area contributed by atoms with Gasteiger partial charge in [-0.05, 0) is 39.7 Å². The SMILES string of the molecule is CC(C)(C)[Si](OCCOC[C@H](Oc1ncnc2c1cnn2-c1c(Cl)cccc1Cl)C(=O)Nc1ccccn1)(c1ccccc1)c1ccccc1. The highest BCUT2D eigenvalue weighted by Gasteiger charge is 2.50. The zero-order chi connectivity index (χ0) is 35.1. The summed E-state index contributed by atoms with van der Waals surface area (Å²) in [5.74, 6) is 0.0396. The van der Waals surface area contributed by atoms with Gasteiger partial charge in [0.15, 0.2) is 5.65 Å². The normalized spacial score (nSPS) is 12.5. The molecule has 3 aromatic carbocycles. The highest BCUT2D eigenvalue weighted by molar-refractivity contribution is 6.99. The van der Waals surface area contributed by atoms with E-state index in [4.69, 9.17) is 37.1 Å². The van der Waals surface area contributed by atoms with E-state index in [1.54, 1.807) is 42.6 Å². The van der Waals surface area contributed by atoms with Gasteiger partial charge in [-0.25, -0.2) is 19.6 Å². The van der Waals surface area contributed by atoms with Crippen LogP contribution in [0.3, 0.4) is 0 Å². The lowest BCUT2D eigenvalue weighted by molar-refractivity contribution is -0.125. The van der Waals surface area contributed by atoms with Crippen LogP contribution >= 0.6 is 23.2 Å². The van der Waals surface area contributed by atoms with E-state index in [-0.39, 0.29) is 24.1 Å². The minimum atomic E-state index is -2.77. The minimum absolute atomic E-state index is 0.0985. The number of carbonyl (C=O) groups excluding carboxylic acids is 1. The molecule has 0 saturated carbocycles. The number of amides is 1. The molecule has 1 N–H and O–H groups in total. The summed E-state index contributed by atoms with van der Waals surface area (Å²) in [5.41, 5.74) is 0.859. The average Bonchev–Trinajstić information content (AvgIpc) is 3.54. The molecule has 0 aliphatic heterocycles. The van der Waals surface area contributed by atoms with Gasteiger partial charge in [0.2, 0.25) is 12.0 Å². The van der Waals surface area contributed by atoms with Crippen molar-refractivity contribution in [2.75, 3.05) is 25.1 Å². The molecule has 0 bridgehead atoms. The number of carbonyl (C=O) groups is 1. The van der Waals surface area contributed by atoms with Crippen LogP contribution in [0.25, 0.3) is 16.7 Å². The number of rotatable bonds is 13. The third kappa shape index (κ3) is 7.42. The molecule has 6 rings (SSSR count). The van der Waals surface area contributed by atoms with Crippen LogP contribution in [0.1, 0.15) is 20.8 Å². The van der Waals surface area contributed by atoms with Crippen molar-refractivity contribution < 1.29 is 18.7 Å². The Hall–Kier alpha value is -4.65. The van der Waals surface area contributed by atoms with Crippen LogP contribution < -0.4 is 20.4 Å². The second-order valence-corrected chi connectivity index (χ2v) is 17.6. The largest absolute Gasteiger partial charge is 0.461 e. The quantitative estimate of drug-likeness (QED) is 0.106. The molecule has 50 heavy (non-hydrogen) atoms. The number of para-hydroxylation sites is 1. The first-order valence-corrected chi connectivity index (χ1v) is 18.7. The monoisotopic (exact) mass is 726 g/mol. The van der Waals surface area contributed by atoms with E-state index in [1.807, 2.05) is 36.4 Å². The van der Waals surface area contributed by atoms with Crippen molar-refractivity contribution in [3.63, 3.8) is 0 Å². The van der Waals surface area contributed by atoms with Crippen molar-refractivity contribution in [1.82, 2.24) is 24.7 Å². The summed E-state index contributed by atoms with van der Waals surface area (Å²) < 4.78 is 20.8. The van der Waals surface area contributed by atoms with Crippen molar-refractivity contribution >= 4 is 64.7 Å². The topological polar surface area (TPSA) is 113 Å². The first-order valence-electron chi connectivity index (χ1n) is 16.0. The van der Waals surface area contributed by atoms with Crippen LogP contribution in [0.4, 0.5) is 5.82 Å². The van der Waals surface area contributed by atoms with E-state index in [9.17, 15) is 4.79 Å². The molecule has 0 radical (unpaired) electrons. The van der Waals surface area contributed by atoms with Gasteiger partial charge in [-0.15, -0.1) is 0 Å².